The van der Waals surface area contributed by atoms with E-state index in [1.807, 2.05) is 20.8 Å². The zero-order valence-electron chi connectivity index (χ0n) is 17.3. The molecule has 1 aliphatic heterocycles. The molecule has 1 aliphatic rings. The molecule has 0 N–H and O–H groups in total. The smallest absolute Gasteiger partial charge is 0.261 e. The number of ketones is 1. The summed E-state index contributed by atoms with van der Waals surface area (Å²) in [5.41, 5.74) is 0.311. The molecule has 0 saturated carbocycles. The van der Waals surface area contributed by atoms with Gasteiger partial charge >= 0.3 is 0 Å². The normalized spacial score (nSPS) is 17.6. The van der Waals surface area contributed by atoms with Crippen molar-refractivity contribution in [3.05, 3.63) is 35.4 Å². The lowest BCUT2D eigenvalue weighted by molar-refractivity contribution is -0.118. The first-order valence-electron chi connectivity index (χ1n) is 9.58. The van der Waals surface area contributed by atoms with Gasteiger partial charge in [-0.05, 0) is 58.1 Å². The second-order valence-electron chi connectivity index (χ2n) is 8.86. The SMILES string of the molecule is CCC(C)(COC(C)(C)C)CC(CC(C)=O)N1C(=O)c2ccccc2C1=O. The quantitative estimate of drug-likeness (QED) is 0.639. The number of rotatable bonds is 8. The number of imide groups is 1. The molecule has 148 valence electrons. The molecule has 0 spiro atoms. The Balaban J connectivity index is 2.29. The van der Waals surface area contributed by atoms with E-state index in [4.69, 9.17) is 4.74 Å². The van der Waals surface area contributed by atoms with Crippen LogP contribution in [0.1, 0.15) is 81.5 Å². The fraction of sp³-hybridized carbons (Fsp3) is 0.591. The predicted octanol–water partition coefficient (Wildman–Crippen LogP) is 4.25. The van der Waals surface area contributed by atoms with E-state index in [2.05, 4.69) is 13.8 Å². The summed E-state index contributed by atoms with van der Waals surface area (Å²) in [5.74, 6) is -0.652. The van der Waals surface area contributed by atoms with Gasteiger partial charge in [0.2, 0.25) is 0 Å². The van der Waals surface area contributed by atoms with Gasteiger partial charge in [0.15, 0.2) is 0 Å². The number of carbonyl (C=O) groups excluding carboxylic acids is 3. The van der Waals surface area contributed by atoms with E-state index in [9.17, 15) is 14.4 Å². The number of nitrogens with zero attached hydrogens (tertiary/aromatic N) is 1. The third-order valence-electron chi connectivity index (χ3n) is 5.15. The number of Topliss-reactive ketones (excluding diaryl/α,β-unsaturated/α-hetero) is 1. The average Bonchev–Trinajstić information content (AvgIpc) is 2.83. The van der Waals surface area contributed by atoms with Crippen molar-refractivity contribution in [3.63, 3.8) is 0 Å². The summed E-state index contributed by atoms with van der Waals surface area (Å²) < 4.78 is 6.00. The van der Waals surface area contributed by atoms with E-state index in [0.717, 1.165) is 6.42 Å². The molecular weight excluding hydrogens is 342 g/mol. The second-order valence-corrected chi connectivity index (χ2v) is 8.86. The lowest BCUT2D eigenvalue weighted by atomic mass is 9.80. The van der Waals surface area contributed by atoms with Crippen LogP contribution >= 0.6 is 0 Å². The fourth-order valence-electron chi connectivity index (χ4n) is 3.39. The summed E-state index contributed by atoms with van der Waals surface area (Å²) in [5, 5.41) is 0. The topological polar surface area (TPSA) is 63.7 Å². The molecule has 0 bridgehead atoms. The number of amides is 2. The van der Waals surface area contributed by atoms with Crippen molar-refractivity contribution in [1.29, 1.82) is 0 Å². The van der Waals surface area contributed by atoms with Crippen LogP contribution in [0.15, 0.2) is 24.3 Å². The van der Waals surface area contributed by atoms with Crippen LogP contribution in [0.25, 0.3) is 0 Å². The third kappa shape index (κ3) is 5.04. The minimum atomic E-state index is -0.469. The Hall–Kier alpha value is -2.01. The van der Waals surface area contributed by atoms with Crippen molar-refractivity contribution in [2.24, 2.45) is 5.41 Å². The number of carbonyl (C=O) groups is 3. The van der Waals surface area contributed by atoms with Gasteiger partial charge in [0.1, 0.15) is 5.78 Å². The third-order valence-corrected chi connectivity index (χ3v) is 5.15. The molecule has 27 heavy (non-hydrogen) atoms. The van der Waals surface area contributed by atoms with Crippen LogP contribution in [-0.2, 0) is 9.53 Å². The van der Waals surface area contributed by atoms with Crippen LogP contribution in [0.4, 0.5) is 0 Å². The molecule has 1 heterocycles. The molecule has 2 atom stereocenters. The van der Waals surface area contributed by atoms with Crippen molar-refractivity contribution >= 4 is 17.6 Å². The summed E-state index contributed by atoms with van der Waals surface area (Å²) in [4.78, 5) is 39.0. The molecule has 1 aromatic carbocycles. The Morgan fingerprint density at radius 1 is 1.07 bits per heavy atom. The van der Waals surface area contributed by atoms with E-state index in [1.54, 1.807) is 24.3 Å². The molecule has 1 aromatic rings. The highest BCUT2D eigenvalue weighted by Crippen LogP contribution is 2.35. The highest BCUT2D eigenvalue weighted by atomic mass is 16.5. The first kappa shape index (κ1) is 21.3. The van der Waals surface area contributed by atoms with Crippen LogP contribution < -0.4 is 0 Å². The van der Waals surface area contributed by atoms with Crippen molar-refractivity contribution in [2.75, 3.05) is 6.61 Å². The van der Waals surface area contributed by atoms with E-state index in [-0.39, 0.29) is 35.0 Å². The van der Waals surface area contributed by atoms with Gasteiger partial charge < -0.3 is 4.74 Å². The van der Waals surface area contributed by atoms with Crippen LogP contribution in [0.5, 0.6) is 0 Å². The molecular formula is C22H31NO4. The standard InChI is InChI=1S/C22H31NO4/c1-7-22(6,14-27-21(3,4)5)13-16(12-15(2)24)23-19(25)17-10-8-9-11-18(17)20(23)26/h8-11,16H,7,12-14H2,1-6H3. The molecule has 0 radical (unpaired) electrons. The van der Waals surface area contributed by atoms with Gasteiger partial charge in [0.05, 0.1) is 23.3 Å². The summed E-state index contributed by atoms with van der Waals surface area (Å²) in [7, 11) is 0. The molecule has 2 unspecified atom stereocenters. The first-order valence-corrected chi connectivity index (χ1v) is 9.58. The van der Waals surface area contributed by atoms with Gasteiger partial charge in [-0.25, -0.2) is 0 Å². The van der Waals surface area contributed by atoms with Gasteiger partial charge in [-0.1, -0.05) is 26.0 Å². The van der Waals surface area contributed by atoms with Gasteiger partial charge in [-0.15, -0.1) is 0 Å². The molecule has 2 amide bonds. The summed E-state index contributed by atoms with van der Waals surface area (Å²) in [6.45, 7) is 12.2. The van der Waals surface area contributed by atoms with Crippen molar-refractivity contribution < 1.29 is 19.1 Å². The van der Waals surface area contributed by atoms with Gasteiger partial charge in [0.25, 0.3) is 11.8 Å². The molecule has 0 saturated heterocycles. The minimum Gasteiger partial charge on any atom is -0.375 e. The zero-order valence-corrected chi connectivity index (χ0v) is 17.3. The number of hydrogen-bond acceptors (Lipinski definition) is 4. The highest BCUT2D eigenvalue weighted by Gasteiger charge is 2.42. The molecule has 5 nitrogen and oxygen atoms in total. The Morgan fingerprint density at radius 2 is 1.59 bits per heavy atom. The molecule has 0 fully saturated rings. The maximum absolute atomic E-state index is 12.9. The second kappa shape index (κ2) is 7.93. The highest BCUT2D eigenvalue weighted by molar-refractivity contribution is 6.21. The Kier molecular flexibility index (Phi) is 6.25. The summed E-state index contributed by atoms with van der Waals surface area (Å²) >= 11 is 0. The van der Waals surface area contributed by atoms with E-state index >= 15 is 0 Å². The van der Waals surface area contributed by atoms with Gasteiger partial charge in [-0.3, -0.25) is 19.3 Å². The lowest BCUT2D eigenvalue weighted by Gasteiger charge is -2.37. The van der Waals surface area contributed by atoms with Crippen molar-refractivity contribution in [3.8, 4) is 0 Å². The predicted molar refractivity (Wildman–Crippen MR) is 105 cm³/mol. The Morgan fingerprint density at radius 3 is 2.00 bits per heavy atom. The lowest BCUT2D eigenvalue weighted by Crippen LogP contribution is -2.45. The Labute approximate surface area is 162 Å². The first-order chi connectivity index (χ1) is 12.5. The summed E-state index contributed by atoms with van der Waals surface area (Å²) in [6, 6.07) is 6.37. The zero-order chi connectivity index (χ0) is 20.4. The van der Waals surface area contributed by atoms with Crippen LogP contribution in [0.3, 0.4) is 0 Å². The fourth-order valence-corrected chi connectivity index (χ4v) is 3.39. The monoisotopic (exact) mass is 373 g/mol. The maximum atomic E-state index is 12.9. The minimum absolute atomic E-state index is 0.0354. The van der Waals surface area contributed by atoms with Crippen molar-refractivity contribution in [1.82, 2.24) is 4.90 Å². The van der Waals surface area contributed by atoms with Gasteiger partial charge in [0, 0.05) is 12.5 Å². The molecule has 5 heteroatoms. The van der Waals surface area contributed by atoms with E-state index < -0.39 is 6.04 Å². The van der Waals surface area contributed by atoms with E-state index in [0.29, 0.717) is 24.2 Å². The number of hydrogen-bond donors (Lipinski definition) is 0. The van der Waals surface area contributed by atoms with Crippen LogP contribution in [-0.4, -0.2) is 40.7 Å². The Bertz CT molecular complexity index is 699. The van der Waals surface area contributed by atoms with Gasteiger partial charge in [-0.2, -0.15) is 0 Å². The largest absolute Gasteiger partial charge is 0.375 e. The number of benzene rings is 1. The van der Waals surface area contributed by atoms with Crippen LogP contribution in [0.2, 0.25) is 0 Å². The van der Waals surface area contributed by atoms with Crippen LogP contribution in [0, 0.1) is 5.41 Å². The number of ether oxygens (including phenoxy) is 1. The molecule has 0 aromatic heterocycles. The average molecular weight is 373 g/mol. The molecule has 2 rings (SSSR count). The van der Waals surface area contributed by atoms with E-state index in [1.165, 1.54) is 11.8 Å². The number of fused-ring (bicyclic) bond motifs is 1. The molecule has 0 aliphatic carbocycles. The van der Waals surface area contributed by atoms with Crippen molar-refractivity contribution in [2.45, 2.75) is 72.4 Å². The maximum Gasteiger partial charge on any atom is 0.261 e. The summed E-state index contributed by atoms with van der Waals surface area (Å²) in [6.07, 6.45) is 1.52.